The van der Waals surface area contributed by atoms with E-state index < -0.39 is 0 Å². The lowest BCUT2D eigenvalue weighted by atomic mass is 10.2. The number of thioether (sulfide) groups is 1. The van der Waals surface area contributed by atoms with Crippen molar-refractivity contribution in [1.29, 1.82) is 0 Å². The fourth-order valence-electron chi connectivity index (χ4n) is 2.00. The third-order valence-corrected chi connectivity index (χ3v) is 4.35. The number of fused-ring (bicyclic) bond motifs is 1. The number of pyridine rings is 1. The van der Waals surface area contributed by atoms with E-state index in [2.05, 4.69) is 28.3 Å². The summed E-state index contributed by atoms with van der Waals surface area (Å²) in [6, 6.07) is 4.28. The fourth-order valence-corrected chi connectivity index (χ4v) is 2.65. The molecule has 3 N–H and O–H groups in total. The second-order valence-corrected chi connectivity index (χ2v) is 5.42. The van der Waals surface area contributed by atoms with Gasteiger partial charge < -0.3 is 15.4 Å². The average Bonchev–Trinajstić information content (AvgIpc) is 2.81. The first-order valence-electron chi connectivity index (χ1n) is 6.04. The van der Waals surface area contributed by atoms with Crippen LogP contribution in [-0.2, 0) is 6.54 Å². The topological polar surface area (TPSA) is 60.9 Å². The number of hydrogen-bond donors (Lipinski definition) is 3. The van der Waals surface area contributed by atoms with Crippen LogP contribution in [0.15, 0.2) is 24.5 Å². The van der Waals surface area contributed by atoms with Crippen molar-refractivity contribution in [3.63, 3.8) is 0 Å². The third-order valence-electron chi connectivity index (χ3n) is 3.19. The van der Waals surface area contributed by atoms with Crippen LogP contribution in [0.1, 0.15) is 12.5 Å². The smallest absolute Gasteiger partial charge is 0.137 e. The minimum Gasteiger partial charge on any atom is -0.395 e. The van der Waals surface area contributed by atoms with Gasteiger partial charge in [0.2, 0.25) is 0 Å². The van der Waals surface area contributed by atoms with Gasteiger partial charge in [0.25, 0.3) is 0 Å². The molecule has 0 amide bonds. The zero-order chi connectivity index (χ0) is 13.0. The molecular formula is C13H19N3OS. The van der Waals surface area contributed by atoms with Crippen molar-refractivity contribution in [2.75, 3.05) is 12.9 Å². The summed E-state index contributed by atoms with van der Waals surface area (Å²) < 4.78 is 0. The van der Waals surface area contributed by atoms with Crippen molar-refractivity contribution in [1.82, 2.24) is 15.3 Å². The Morgan fingerprint density at radius 1 is 1.56 bits per heavy atom. The molecule has 0 aromatic carbocycles. The second kappa shape index (κ2) is 6.22. The highest BCUT2D eigenvalue weighted by molar-refractivity contribution is 7.99. The van der Waals surface area contributed by atoms with E-state index in [1.807, 2.05) is 18.5 Å². The van der Waals surface area contributed by atoms with E-state index in [1.165, 1.54) is 5.56 Å². The summed E-state index contributed by atoms with van der Waals surface area (Å²) in [6.07, 6.45) is 5.80. The van der Waals surface area contributed by atoms with Crippen LogP contribution < -0.4 is 5.32 Å². The summed E-state index contributed by atoms with van der Waals surface area (Å²) in [5.74, 6) is 0. The molecule has 0 bridgehead atoms. The molecule has 2 rings (SSSR count). The van der Waals surface area contributed by atoms with Crippen LogP contribution in [-0.4, -0.2) is 39.2 Å². The summed E-state index contributed by atoms with van der Waals surface area (Å²) >= 11 is 1.69. The Bertz CT molecular complexity index is 496. The molecule has 0 radical (unpaired) electrons. The standard InChI is InChI=1S/C13H19N3OS/c1-9(12(8-17)18-2)15-6-10-7-16-13-11(10)4-3-5-14-13/h3-5,7,9,12,15,17H,6,8H2,1-2H3,(H,14,16). The first kappa shape index (κ1) is 13.4. The number of aromatic nitrogens is 2. The van der Waals surface area contributed by atoms with Gasteiger partial charge in [0.1, 0.15) is 5.65 Å². The van der Waals surface area contributed by atoms with Gasteiger partial charge in [-0.3, -0.25) is 0 Å². The molecule has 2 unspecified atom stereocenters. The first-order chi connectivity index (χ1) is 8.76. The number of rotatable bonds is 6. The van der Waals surface area contributed by atoms with Gasteiger partial charge >= 0.3 is 0 Å². The molecule has 18 heavy (non-hydrogen) atoms. The molecule has 0 aliphatic rings. The highest BCUT2D eigenvalue weighted by atomic mass is 32.2. The van der Waals surface area contributed by atoms with Crippen molar-refractivity contribution < 1.29 is 5.11 Å². The maximum absolute atomic E-state index is 9.25. The minimum absolute atomic E-state index is 0.199. The summed E-state index contributed by atoms with van der Waals surface area (Å²) in [4.78, 5) is 7.43. The molecule has 5 heteroatoms. The van der Waals surface area contributed by atoms with Crippen LogP contribution >= 0.6 is 11.8 Å². The molecular weight excluding hydrogens is 246 g/mol. The van der Waals surface area contributed by atoms with Crippen molar-refractivity contribution in [3.05, 3.63) is 30.1 Å². The Hall–Kier alpha value is -1.04. The lowest BCUT2D eigenvalue weighted by Crippen LogP contribution is -2.37. The van der Waals surface area contributed by atoms with Crippen LogP contribution in [0.25, 0.3) is 11.0 Å². The SMILES string of the molecule is CSC(CO)C(C)NCc1c[nH]c2ncccc12. The van der Waals surface area contributed by atoms with Crippen LogP contribution in [0.2, 0.25) is 0 Å². The lowest BCUT2D eigenvalue weighted by molar-refractivity contribution is 0.276. The molecule has 2 heterocycles. The molecule has 98 valence electrons. The van der Waals surface area contributed by atoms with Crippen LogP contribution in [0.4, 0.5) is 0 Å². The van der Waals surface area contributed by atoms with E-state index in [-0.39, 0.29) is 17.9 Å². The number of aromatic amines is 1. The van der Waals surface area contributed by atoms with Gasteiger partial charge in [0, 0.05) is 35.6 Å². The molecule has 0 aliphatic carbocycles. The Balaban J connectivity index is 2.02. The molecule has 0 saturated heterocycles. The lowest BCUT2D eigenvalue weighted by Gasteiger charge is -2.21. The maximum atomic E-state index is 9.25. The van der Waals surface area contributed by atoms with Crippen molar-refractivity contribution in [2.24, 2.45) is 0 Å². The van der Waals surface area contributed by atoms with E-state index in [9.17, 15) is 5.11 Å². The van der Waals surface area contributed by atoms with Crippen molar-refractivity contribution in [3.8, 4) is 0 Å². The monoisotopic (exact) mass is 265 g/mol. The van der Waals surface area contributed by atoms with Crippen LogP contribution in [0, 0.1) is 0 Å². The zero-order valence-corrected chi connectivity index (χ0v) is 11.5. The third kappa shape index (κ3) is 2.85. The highest BCUT2D eigenvalue weighted by Gasteiger charge is 2.15. The molecule has 2 aromatic heterocycles. The minimum atomic E-state index is 0.199. The quantitative estimate of drug-likeness (QED) is 0.745. The number of H-pyrrole nitrogens is 1. The van der Waals surface area contributed by atoms with Gasteiger partial charge in [-0.05, 0) is 30.9 Å². The Labute approximate surface area is 111 Å². The van der Waals surface area contributed by atoms with Gasteiger partial charge in [-0.15, -0.1) is 0 Å². The van der Waals surface area contributed by atoms with Gasteiger partial charge in [-0.2, -0.15) is 11.8 Å². The largest absolute Gasteiger partial charge is 0.395 e. The van der Waals surface area contributed by atoms with Crippen LogP contribution in [0.5, 0.6) is 0 Å². The molecule has 0 spiro atoms. The predicted molar refractivity (Wildman–Crippen MR) is 76.8 cm³/mol. The number of hydrogen-bond acceptors (Lipinski definition) is 4. The summed E-state index contributed by atoms with van der Waals surface area (Å²) in [5.41, 5.74) is 2.13. The zero-order valence-electron chi connectivity index (χ0n) is 10.7. The molecule has 0 fully saturated rings. The molecule has 4 nitrogen and oxygen atoms in total. The second-order valence-electron chi connectivity index (χ2n) is 4.34. The van der Waals surface area contributed by atoms with Crippen LogP contribution in [0.3, 0.4) is 0 Å². The van der Waals surface area contributed by atoms with E-state index in [0.29, 0.717) is 0 Å². The summed E-state index contributed by atoms with van der Waals surface area (Å²) in [7, 11) is 0. The number of nitrogens with zero attached hydrogens (tertiary/aromatic N) is 1. The van der Waals surface area contributed by atoms with Crippen molar-refractivity contribution >= 4 is 22.8 Å². The van der Waals surface area contributed by atoms with E-state index in [4.69, 9.17) is 0 Å². The average molecular weight is 265 g/mol. The fraction of sp³-hybridized carbons (Fsp3) is 0.462. The van der Waals surface area contributed by atoms with E-state index in [0.717, 1.165) is 17.6 Å². The van der Waals surface area contributed by atoms with Gasteiger partial charge in [0.05, 0.1) is 6.61 Å². The highest BCUT2D eigenvalue weighted by Crippen LogP contribution is 2.16. The first-order valence-corrected chi connectivity index (χ1v) is 7.33. The molecule has 0 saturated carbocycles. The Morgan fingerprint density at radius 2 is 2.39 bits per heavy atom. The number of aliphatic hydroxyl groups is 1. The molecule has 2 aromatic rings. The predicted octanol–water partition coefficient (Wildman–Crippen LogP) is 1.76. The Kier molecular flexibility index (Phi) is 4.63. The summed E-state index contributed by atoms with van der Waals surface area (Å²) in [5, 5.41) is 14.1. The van der Waals surface area contributed by atoms with E-state index in [1.54, 1.807) is 18.0 Å². The number of aliphatic hydroxyl groups excluding tert-OH is 1. The number of nitrogens with one attached hydrogen (secondary N) is 2. The normalized spacial score (nSPS) is 14.8. The maximum Gasteiger partial charge on any atom is 0.137 e. The van der Waals surface area contributed by atoms with E-state index >= 15 is 0 Å². The van der Waals surface area contributed by atoms with Gasteiger partial charge in [-0.1, -0.05) is 0 Å². The molecule has 0 aliphatic heterocycles. The van der Waals surface area contributed by atoms with Crippen molar-refractivity contribution in [2.45, 2.75) is 24.8 Å². The van der Waals surface area contributed by atoms with Gasteiger partial charge in [0.15, 0.2) is 0 Å². The van der Waals surface area contributed by atoms with Gasteiger partial charge in [-0.25, -0.2) is 4.98 Å². The Morgan fingerprint density at radius 3 is 3.11 bits per heavy atom. The molecule has 2 atom stereocenters. The summed E-state index contributed by atoms with van der Waals surface area (Å²) in [6.45, 7) is 3.08.